The number of rotatable bonds is 5. The first-order valence-electron chi connectivity index (χ1n) is 2.92. The number of ether oxygens (including phenoxy) is 1. The molecular weight excluding hydrogens is 221 g/mol. The highest BCUT2D eigenvalue weighted by atomic mass is 19.4. The van der Waals surface area contributed by atoms with E-state index in [1.165, 1.54) is 0 Å². The first kappa shape index (κ1) is 13.4. The second-order valence-corrected chi connectivity index (χ2v) is 1.70. The molecule has 5 nitrogen and oxygen atoms in total. The third-order valence-corrected chi connectivity index (χ3v) is 0.746. The molecule has 0 amide bonds. The molecular formula is C4H6F5NO4. The minimum Gasteiger partial charge on any atom is -0.298 e. The van der Waals surface area contributed by atoms with Gasteiger partial charge in [-0.15, -0.1) is 26.8 Å². The number of nitrogens with zero attached hydrogens (tertiary/aromatic N) is 1. The van der Waals surface area contributed by atoms with Crippen molar-refractivity contribution >= 4 is 0 Å². The van der Waals surface area contributed by atoms with Gasteiger partial charge in [-0.25, -0.2) is 0 Å². The number of halogens is 5. The third-order valence-electron chi connectivity index (χ3n) is 0.746. The zero-order chi connectivity index (χ0) is 11.4. The van der Waals surface area contributed by atoms with Crippen molar-refractivity contribution in [2.24, 2.45) is 0 Å². The van der Waals surface area contributed by atoms with E-state index in [0.29, 0.717) is 14.2 Å². The van der Waals surface area contributed by atoms with Crippen molar-refractivity contribution in [1.29, 1.82) is 0 Å². The van der Waals surface area contributed by atoms with Crippen LogP contribution in [0.2, 0.25) is 0 Å². The minimum absolute atomic E-state index is 0.515. The van der Waals surface area contributed by atoms with Crippen LogP contribution in [0.25, 0.3) is 0 Å². The Balaban J connectivity index is 4.17. The summed E-state index contributed by atoms with van der Waals surface area (Å²) < 4.78 is 62.1. The second-order valence-electron chi connectivity index (χ2n) is 1.70. The zero-order valence-corrected chi connectivity index (χ0v) is 6.97. The maximum atomic E-state index is 12.2. The van der Waals surface area contributed by atoms with E-state index in [1.54, 1.807) is 0 Å². The summed E-state index contributed by atoms with van der Waals surface area (Å²) in [4.78, 5) is 9.75. The lowest BCUT2D eigenvalue weighted by Crippen LogP contribution is -2.38. The van der Waals surface area contributed by atoms with Crippen LogP contribution in [0, 0.1) is 0 Å². The molecule has 0 fully saturated rings. The van der Waals surface area contributed by atoms with Crippen LogP contribution >= 0.6 is 0 Å². The molecule has 0 saturated heterocycles. The number of hydrogen-bond donors (Lipinski definition) is 0. The van der Waals surface area contributed by atoms with Gasteiger partial charge in [0.25, 0.3) is 0 Å². The highest BCUT2D eigenvalue weighted by Crippen LogP contribution is 2.23. The SMILES string of the molecule is CON(OC(F)(F)F)OC(F)(F)OC. The van der Waals surface area contributed by atoms with E-state index in [2.05, 4.69) is 19.2 Å². The molecule has 0 atom stereocenters. The fourth-order valence-corrected chi connectivity index (χ4v) is 0.302. The lowest BCUT2D eigenvalue weighted by atomic mass is 11.2. The predicted octanol–water partition coefficient (Wildman–Crippen LogP) is 1.43. The van der Waals surface area contributed by atoms with Gasteiger partial charge in [0.2, 0.25) is 0 Å². The van der Waals surface area contributed by atoms with Gasteiger partial charge in [0, 0.05) is 7.11 Å². The lowest BCUT2D eigenvalue weighted by molar-refractivity contribution is -0.648. The van der Waals surface area contributed by atoms with Crippen LogP contribution in [0.4, 0.5) is 22.0 Å². The molecule has 10 heteroatoms. The molecule has 0 aliphatic rings. The maximum absolute atomic E-state index is 12.2. The summed E-state index contributed by atoms with van der Waals surface area (Å²) in [5, 5.41) is -0.927. The van der Waals surface area contributed by atoms with Crippen LogP contribution in [0.5, 0.6) is 0 Å². The predicted molar refractivity (Wildman–Crippen MR) is 29.0 cm³/mol. The first-order chi connectivity index (χ1) is 6.20. The van der Waals surface area contributed by atoms with Gasteiger partial charge in [-0.1, -0.05) is 0 Å². The monoisotopic (exact) mass is 227 g/mol. The van der Waals surface area contributed by atoms with E-state index in [1.807, 2.05) is 0 Å². The largest absolute Gasteiger partial charge is 0.542 e. The Kier molecular flexibility index (Phi) is 4.61. The normalized spacial score (nSPS) is 13.7. The first-order valence-corrected chi connectivity index (χ1v) is 2.92. The van der Waals surface area contributed by atoms with Crippen molar-refractivity contribution in [2.45, 2.75) is 12.7 Å². The molecule has 0 heterocycles. The number of hydrogen-bond acceptors (Lipinski definition) is 5. The van der Waals surface area contributed by atoms with E-state index in [-0.39, 0.29) is 0 Å². The summed E-state index contributed by atoms with van der Waals surface area (Å²) in [6.07, 6.45) is -9.51. The molecule has 0 bridgehead atoms. The molecule has 0 saturated carbocycles. The molecule has 0 radical (unpaired) electrons. The van der Waals surface area contributed by atoms with Gasteiger partial charge in [0.1, 0.15) is 0 Å². The fraction of sp³-hybridized carbons (Fsp3) is 1.00. The molecule has 0 aromatic rings. The maximum Gasteiger partial charge on any atom is 0.542 e. The van der Waals surface area contributed by atoms with Crippen molar-refractivity contribution in [3.05, 3.63) is 0 Å². The van der Waals surface area contributed by atoms with E-state index in [9.17, 15) is 22.0 Å². The lowest BCUT2D eigenvalue weighted by Gasteiger charge is -2.21. The van der Waals surface area contributed by atoms with Crippen LogP contribution in [-0.4, -0.2) is 32.3 Å². The molecule has 0 spiro atoms. The Hall–Kier alpha value is -0.550. The van der Waals surface area contributed by atoms with E-state index in [0.717, 1.165) is 0 Å². The number of alkyl halides is 5. The smallest absolute Gasteiger partial charge is 0.298 e. The minimum atomic E-state index is -5.22. The van der Waals surface area contributed by atoms with Crippen LogP contribution in [0.1, 0.15) is 0 Å². The average molecular weight is 227 g/mol. The molecule has 0 aliphatic carbocycles. The average Bonchev–Trinajstić information content (AvgIpc) is 2.00. The molecule has 14 heavy (non-hydrogen) atoms. The van der Waals surface area contributed by atoms with Crippen molar-refractivity contribution in [1.82, 2.24) is 5.39 Å². The quantitative estimate of drug-likeness (QED) is 0.403. The summed E-state index contributed by atoms with van der Waals surface area (Å²) in [5.74, 6) is 0. The standard InChI is InChI=1S/C4H6F5NO4/c1-11-4(8,9)14-10(12-2)13-3(5,6)7/h1-2H3. The van der Waals surface area contributed by atoms with Crippen molar-refractivity contribution in [3.8, 4) is 0 Å². The summed E-state index contributed by atoms with van der Waals surface area (Å²) in [6, 6.07) is 0. The van der Waals surface area contributed by atoms with Gasteiger partial charge in [-0.3, -0.25) is 9.57 Å². The summed E-state index contributed by atoms with van der Waals surface area (Å²) in [5.41, 5.74) is 0. The Morgan fingerprint density at radius 3 is 1.71 bits per heavy atom. The van der Waals surface area contributed by atoms with Gasteiger partial charge in [0.15, 0.2) is 0 Å². The third kappa shape index (κ3) is 5.99. The molecule has 0 unspecified atom stereocenters. The molecule has 86 valence electrons. The zero-order valence-electron chi connectivity index (χ0n) is 6.97. The van der Waals surface area contributed by atoms with E-state index >= 15 is 0 Å². The van der Waals surface area contributed by atoms with Crippen molar-refractivity contribution in [3.63, 3.8) is 0 Å². The van der Waals surface area contributed by atoms with Gasteiger partial charge in [-0.05, 0) is 0 Å². The highest BCUT2D eigenvalue weighted by molar-refractivity contribution is 4.23. The van der Waals surface area contributed by atoms with Gasteiger partial charge < -0.3 is 0 Å². The Morgan fingerprint density at radius 2 is 1.43 bits per heavy atom. The van der Waals surface area contributed by atoms with Crippen molar-refractivity contribution < 1.29 is 41.2 Å². The van der Waals surface area contributed by atoms with Crippen LogP contribution in [0.15, 0.2) is 0 Å². The summed E-state index contributed by atoms with van der Waals surface area (Å²) >= 11 is 0. The van der Waals surface area contributed by atoms with Crippen LogP contribution in [-0.2, 0) is 19.2 Å². The molecule has 0 aromatic heterocycles. The van der Waals surface area contributed by atoms with Gasteiger partial charge in [-0.2, -0.15) is 4.84 Å². The van der Waals surface area contributed by atoms with Crippen LogP contribution < -0.4 is 0 Å². The topological polar surface area (TPSA) is 40.2 Å². The fourth-order valence-electron chi connectivity index (χ4n) is 0.302. The van der Waals surface area contributed by atoms with E-state index < -0.39 is 18.0 Å². The molecule has 0 aromatic carbocycles. The van der Waals surface area contributed by atoms with Gasteiger partial charge >= 0.3 is 12.7 Å². The Bertz CT molecular complexity index is 174. The van der Waals surface area contributed by atoms with Gasteiger partial charge in [0.05, 0.1) is 12.5 Å². The molecule has 0 aliphatic heterocycles. The second kappa shape index (κ2) is 4.79. The molecule has 0 N–H and O–H groups in total. The summed E-state index contributed by atoms with van der Waals surface area (Å²) in [6.45, 7) is 0. The number of methoxy groups -OCH3 is 1. The van der Waals surface area contributed by atoms with Crippen molar-refractivity contribution in [2.75, 3.05) is 14.2 Å². The Labute approximate surface area is 74.7 Å². The highest BCUT2D eigenvalue weighted by Gasteiger charge is 2.41. The Morgan fingerprint density at radius 1 is 0.929 bits per heavy atom. The summed E-state index contributed by atoms with van der Waals surface area (Å²) in [7, 11) is 1.14. The van der Waals surface area contributed by atoms with E-state index in [4.69, 9.17) is 0 Å². The molecule has 0 rings (SSSR count). The van der Waals surface area contributed by atoms with Crippen LogP contribution in [0.3, 0.4) is 0 Å².